The molecule has 0 amide bonds. The summed E-state index contributed by atoms with van der Waals surface area (Å²) >= 11 is 1.62. The van der Waals surface area contributed by atoms with Crippen LogP contribution in [0.25, 0.3) is 23.3 Å². The highest BCUT2D eigenvalue weighted by Crippen LogP contribution is 2.26. The van der Waals surface area contributed by atoms with Gasteiger partial charge in [0, 0.05) is 42.2 Å². The number of nitrogens with zero attached hydrogens (tertiary/aromatic N) is 3. The summed E-state index contributed by atoms with van der Waals surface area (Å²) in [4.78, 5) is 12.2. The SMILES string of the molecule is OCC(CO)COc1ccc2nc(C=Cc3cnc(N4CCOCC4)s3)oc2c1. The molecule has 9 heteroatoms. The van der Waals surface area contributed by atoms with Gasteiger partial charge in [-0.05, 0) is 18.2 Å². The fraction of sp³-hybridized carbons (Fsp3) is 0.400. The summed E-state index contributed by atoms with van der Waals surface area (Å²) in [5.74, 6) is 0.802. The molecule has 1 aliphatic rings. The van der Waals surface area contributed by atoms with Crippen LogP contribution in [-0.2, 0) is 4.74 Å². The number of fused-ring (bicyclic) bond motifs is 1. The number of thiazole rings is 1. The number of aliphatic hydroxyl groups excluding tert-OH is 2. The second-order valence-electron chi connectivity index (χ2n) is 6.70. The van der Waals surface area contributed by atoms with E-state index in [2.05, 4.69) is 14.9 Å². The van der Waals surface area contributed by atoms with Crippen molar-refractivity contribution in [3.63, 3.8) is 0 Å². The Morgan fingerprint density at radius 2 is 2.03 bits per heavy atom. The van der Waals surface area contributed by atoms with Crippen LogP contribution in [0.5, 0.6) is 5.75 Å². The van der Waals surface area contributed by atoms with E-state index >= 15 is 0 Å². The average molecular weight is 417 g/mol. The molecule has 2 N–H and O–H groups in total. The van der Waals surface area contributed by atoms with Gasteiger partial charge in [0.1, 0.15) is 11.3 Å². The van der Waals surface area contributed by atoms with Crippen molar-refractivity contribution in [2.75, 3.05) is 51.0 Å². The quantitative estimate of drug-likeness (QED) is 0.576. The maximum absolute atomic E-state index is 9.12. The molecule has 0 aliphatic carbocycles. The number of hydrogen-bond donors (Lipinski definition) is 2. The molecule has 8 nitrogen and oxygen atoms in total. The highest BCUT2D eigenvalue weighted by Gasteiger charge is 2.14. The lowest BCUT2D eigenvalue weighted by molar-refractivity contribution is 0.106. The summed E-state index contributed by atoms with van der Waals surface area (Å²) < 4.78 is 16.8. The third-order valence-electron chi connectivity index (χ3n) is 4.56. The number of anilines is 1. The fourth-order valence-corrected chi connectivity index (χ4v) is 3.74. The van der Waals surface area contributed by atoms with Gasteiger partial charge in [-0.2, -0.15) is 0 Å². The van der Waals surface area contributed by atoms with Gasteiger partial charge in [-0.25, -0.2) is 9.97 Å². The first-order chi connectivity index (χ1) is 14.2. The number of hydrogen-bond acceptors (Lipinski definition) is 9. The molecule has 29 heavy (non-hydrogen) atoms. The molecule has 1 fully saturated rings. The van der Waals surface area contributed by atoms with Crippen LogP contribution < -0.4 is 9.64 Å². The van der Waals surface area contributed by atoms with Crippen LogP contribution in [0.4, 0.5) is 5.13 Å². The second kappa shape index (κ2) is 9.36. The van der Waals surface area contributed by atoms with Gasteiger partial charge < -0.3 is 29.0 Å². The summed E-state index contributed by atoms with van der Waals surface area (Å²) in [6.45, 7) is 3.19. The molecule has 1 aliphatic heterocycles. The second-order valence-corrected chi connectivity index (χ2v) is 7.74. The molecule has 3 heterocycles. The van der Waals surface area contributed by atoms with Crippen molar-refractivity contribution >= 4 is 39.7 Å². The molecule has 0 saturated carbocycles. The van der Waals surface area contributed by atoms with Gasteiger partial charge in [-0.1, -0.05) is 11.3 Å². The lowest BCUT2D eigenvalue weighted by Crippen LogP contribution is -2.36. The minimum Gasteiger partial charge on any atom is -0.493 e. The van der Waals surface area contributed by atoms with Crippen molar-refractivity contribution in [2.24, 2.45) is 5.92 Å². The number of aliphatic hydroxyl groups is 2. The van der Waals surface area contributed by atoms with E-state index in [9.17, 15) is 0 Å². The molecule has 0 radical (unpaired) electrons. The minimum absolute atomic E-state index is 0.124. The number of oxazole rings is 1. The Kier molecular flexibility index (Phi) is 6.40. The molecule has 1 aromatic carbocycles. The Balaban J connectivity index is 1.42. The highest BCUT2D eigenvalue weighted by molar-refractivity contribution is 7.16. The number of ether oxygens (including phenoxy) is 2. The zero-order valence-electron chi connectivity index (χ0n) is 15.9. The van der Waals surface area contributed by atoms with Crippen LogP contribution in [-0.4, -0.2) is 66.3 Å². The molecule has 154 valence electrons. The van der Waals surface area contributed by atoms with E-state index in [1.807, 2.05) is 24.4 Å². The lowest BCUT2D eigenvalue weighted by Gasteiger charge is -2.25. The summed E-state index contributed by atoms with van der Waals surface area (Å²) in [6, 6.07) is 5.37. The van der Waals surface area contributed by atoms with Gasteiger partial charge in [0.2, 0.25) is 5.89 Å². The van der Waals surface area contributed by atoms with Crippen molar-refractivity contribution < 1.29 is 24.1 Å². The van der Waals surface area contributed by atoms with Gasteiger partial charge >= 0.3 is 0 Å². The van der Waals surface area contributed by atoms with Crippen LogP contribution >= 0.6 is 11.3 Å². The molecule has 1 saturated heterocycles. The first-order valence-electron chi connectivity index (χ1n) is 9.47. The van der Waals surface area contributed by atoms with Crippen molar-refractivity contribution in [1.29, 1.82) is 0 Å². The van der Waals surface area contributed by atoms with Crippen molar-refractivity contribution in [2.45, 2.75) is 0 Å². The topological polar surface area (TPSA) is 101 Å². The maximum atomic E-state index is 9.12. The summed E-state index contributed by atoms with van der Waals surface area (Å²) in [5.41, 5.74) is 1.35. The third kappa shape index (κ3) is 4.94. The Labute approximate surface area is 172 Å². The molecule has 0 atom stereocenters. The minimum atomic E-state index is -0.305. The molecule has 3 aromatic rings. The maximum Gasteiger partial charge on any atom is 0.220 e. The third-order valence-corrected chi connectivity index (χ3v) is 5.59. The predicted molar refractivity (Wildman–Crippen MR) is 111 cm³/mol. The zero-order valence-corrected chi connectivity index (χ0v) is 16.7. The molecule has 2 aromatic heterocycles. The normalized spacial score (nSPS) is 15.1. The monoisotopic (exact) mass is 417 g/mol. The lowest BCUT2D eigenvalue weighted by atomic mass is 10.2. The van der Waals surface area contributed by atoms with E-state index in [-0.39, 0.29) is 25.7 Å². The highest BCUT2D eigenvalue weighted by atomic mass is 32.1. The van der Waals surface area contributed by atoms with E-state index < -0.39 is 0 Å². The molecule has 0 bridgehead atoms. The largest absolute Gasteiger partial charge is 0.493 e. The Morgan fingerprint density at radius 3 is 2.83 bits per heavy atom. The Hall–Kier alpha value is -2.46. The predicted octanol–water partition coefficient (Wildman–Crippen LogP) is 2.27. The molecular weight excluding hydrogens is 394 g/mol. The number of morpholine rings is 1. The van der Waals surface area contributed by atoms with Gasteiger partial charge in [0.25, 0.3) is 0 Å². The first kappa shape index (κ1) is 19.8. The van der Waals surface area contributed by atoms with E-state index in [4.69, 9.17) is 24.1 Å². The van der Waals surface area contributed by atoms with Crippen LogP contribution in [0.2, 0.25) is 0 Å². The Morgan fingerprint density at radius 1 is 1.21 bits per heavy atom. The van der Waals surface area contributed by atoms with E-state index in [1.165, 1.54) is 0 Å². The van der Waals surface area contributed by atoms with Crippen molar-refractivity contribution in [3.05, 3.63) is 35.2 Å². The van der Waals surface area contributed by atoms with Crippen LogP contribution in [0, 0.1) is 5.92 Å². The number of rotatable bonds is 8. The molecule has 4 rings (SSSR count). The molecular formula is C20H23N3O5S. The Bertz CT molecular complexity index is 960. The smallest absolute Gasteiger partial charge is 0.220 e. The van der Waals surface area contributed by atoms with Gasteiger partial charge in [-0.15, -0.1) is 0 Å². The number of benzene rings is 1. The van der Waals surface area contributed by atoms with E-state index in [0.29, 0.717) is 17.2 Å². The first-order valence-corrected chi connectivity index (χ1v) is 10.3. The van der Waals surface area contributed by atoms with Crippen LogP contribution in [0.3, 0.4) is 0 Å². The van der Waals surface area contributed by atoms with Crippen molar-refractivity contribution in [1.82, 2.24) is 9.97 Å². The summed E-state index contributed by atoms with van der Waals surface area (Å²) in [6.07, 6.45) is 5.61. The zero-order chi connectivity index (χ0) is 20.1. The molecule has 0 spiro atoms. The van der Waals surface area contributed by atoms with E-state index in [0.717, 1.165) is 41.8 Å². The fourth-order valence-electron chi connectivity index (χ4n) is 2.87. The summed E-state index contributed by atoms with van der Waals surface area (Å²) in [5, 5.41) is 19.2. The summed E-state index contributed by atoms with van der Waals surface area (Å²) in [7, 11) is 0. The van der Waals surface area contributed by atoms with Gasteiger partial charge in [0.05, 0.1) is 33.0 Å². The van der Waals surface area contributed by atoms with Crippen molar-refractivity contribution in [3.8, 4) is 5.75 Å². The van der Waals surface area contributed by atoms with Gasteiger partial charge in [-0.3, -0.25) is 0 Å². The van der Waals surface area contributed by atoms with E-state index in [1.54, 1.807) is 23.5 Å². The van der Waals surface area contributed by atoms with Gasteiger partial charge in [0.15, 0.2) is 10.7 Å². The number of aromatic nitrogens is 2. The average Bonchev–Trinajstić information content (AvgIpc) is 3.40. The molecule has 0 unspecified atom stereocenters. The van der Waals surface area contributed by atoms with Crippen LogP contribution in [0.1, 0.15) is 10.8 Å². The standard InChI is InChI=1S/C20H23N3O5S/c24-11-14(12-25)13-27-15-1-3-17-18(9-15)28-19(22-17)4-2-16-10-21-20(29-16)23-5-7-26-8-6-23/h1-4,9-10,14,24-25H,5-8,11-13H2. The van der Waals surface area contributed by atoms with Crippen LogP contribution in [0.15, 0.2) is 28.8 Å².